The third-order valence-electron chi connectivity index (χ3n) is 3.47. The Morgan fingerprint density at radius 3 is 2.67 bits per heavy atom. The van der Waals surface area contributed by atoms with Crippen molar-refractivity contribution in [3.05, 3.63) is 0 Å². The molecule has 0 aromatic carbocycles. The second-order valence-corrected chi connectivity index (χ2v) is 6.01. The van der Waals surface area contributed by atoms with Gasteiger partial charge in [0, 0.05) is 19.1 Å². The standard InChI is InChI=1S/C12H26N2S/c1-3-15-8-7-12(9-13)14(2)10-11-5-4-6-11/h11-12H,3-10,13H2,1-2H3. The van der Waals surface area contributed by atoms with E-state index in [9.17, 15) is 0 Å². The molecule has 1 unspecified atom stereocenters. The molecular formula is C12H26N2S. The van der Waals surface area contributed by atoms with Gasteiger partial charge in [0.15, 0.2) is 0 Å². The van der Waals surface area contributed by atoms with Crippen LogP contribution in [0.25, 0.3) is 0 Å². The highest BCUT2D eigenvalue weighted by atomic mass is 32.2. The van der Waals surface area contributed by atoms with Gasteiger partial charge in [-0.05, 0) is 43.7 Å². The molecule has 1 aliphatic carbocycles. The van der Waals surface area contributed by atoms with Crippen LogP contribution in [-0.2, 0) is 0 Å². The van der Waals surface area contributed by atoms with E-state index in [0.29, 0.717) is 6.04 Å². The largest absolute Gasteiger partial charge is 0.329 e. The predicted molar refractivity (Wildman–Crippen MR) is 70.4 cm³/mol. The Morgan fingerprint density at radius 2 is 2.20 bits per heavy atom. The van der Waals surface area contributed by atoms with E-state index in [1.54, 1.807) is 0 Å². The number of hydrogen-bond donors (Lipinski definition) is 1. The van der Waals surface area contributed by atoms with Crippen molar-refractivity contribution in [2.24, 2.45) is 11.7 Å². The molecule has 0 amide bonds. The Kier molecular flexibility index (Phi) is 6.69. The van der Waals surface area contributed by atoms with Gasteiger partial charge in [-0.25, -0.2) is 0 Å². The van der Waals surface area contributed by atoms with Crippen LogP contribution in [0.4, 0.5) is 0 Å². The van der Waals surface area contributed by atoms with Crippen LogP contribution in [0.5, 0.6) is 0 Å². The van der Waals surface area contributed by atoms with Crippen LogP contribution in [0, 0.1) is 5.92 Å². The maximum atomic E-state index is 5.84. The van der Waals surface area contributed by atoms with Crippen molar-refractivity contribution < 1.29 is 0 Å². The van der Waals surface area contributed by atoms with E-state index >= 15 is 0 Å². The van der Waals surface area contributed by atoms with Gasteiger partial charge in [-0.15, -0.1) is 0 Å². The summed E-state index contributed by atoms with van der Waals surface area (Å²) in [5, 5.41) is 0. The van der Waals surface area contributed by atoms with Crippen LogP contribution in [0.1, 0.15) is 32.6 Å². The Hall–Kier alpha value is 0.270. The molecule has 0 aromatic rings. The quantitative estimate of drug-likeness (QED) is 0.648. The highest BCUT2D eigenvalue weighted by molar-refractivity contribution is 7.99. The molecule has 15 heavy (non-hydrogen) atoms. The van der Waals surface area contributed by atoms with Crippen LogP contribution in [0.3, 0.4) is 0 Å². The maximum Gasteiger partial charge on any atom is 0.0223 e. The van der Waals surface area contributed by atoms with Crippen molar-refractivity contribution in [1.29, 1.82) is 0 Å². The first-order chi connectivity index (χ1) is 7.27. The zero-order valence-corrected chi connectivity index (χ0v) is 11.1. The maximum absolute atomic E-state index is 5.84. The van der Waals surface area contributed by atoms with Crippen molar-refractivity contribution in [2.75, 3.05) is 31.6 Å². The average molecular weight is 230 g/mol. The molecular weight excluding hydrogens is 204 g/mol. The third-order valence-corrected chi connectivity index (χ3v) is 4.40. The van der Waals surface area contributed by atoms with Crippen molar-refractivity contribution in [1.82, 2.24) is 4.90 Å². The molecule has 90 valence electrons. The first kappa shape index (κ1) is 13.3. The fourth-order valence-corrected chi connectivity index (χ4v) is 2.84. The minimum atomic E-state index is 0.602. The van der Waals surface area contributed by atoms with Crippen molar-refractivity contribution >= 4 is 11.8 Å². The molecule has 3 heteroatoms. The molecule has 1 fully saturated rings. The molecule has 0 aromatic heterocycles. The van der Waals surface area contributed by atoms with E-state index in [4.69, 9.17) is 5.73 Å². The summed E-state index contributed by atoms with van der Waals surface area (Å²) in [6, 6.07) is 0.602. The normalized spacial score (nSPS) is 19.2. The second-order valence-electron chi connectivity index (χ2n) is 4.61. The van der Waals surface area contributed by atoms with E-state index in [0.717, 1.165) is 12.5 Å². The minimum absolute atomic E-state index is 0.602. The van der Waals surface area contributed by atoms with E-state index < -0.39 is 0 Å². The SMILES string of the molecule is CCSCCC(CN)N(C)CC1CCC1. The Labute approximate surface area is 99.0 Å². The molecule has 1 atom stereocenters. The zero-order valence-electron chi connectivity index (χ0n) is 10.2. The lowest BCUT2D eigenvalue weighted by Gasteiger charge is -2.34. The summed E-state index contributed by atoms with van der Waals surface area (Å²) < 4.78 is 0. The number of nitrogens with two attached hydrogens (primary N) is 1. The van der Waals surface area contributed by atoms with Crippen molar-refractivity contribution in [3.8, 4) is 0 Å². The second kappa shape index (κ2) is 7.53. The molecule has 2 nitrogen and oxygen atoms in total. The summed E-state index contributed by atoms with van der Waals surface area (Å²) >= 11 is 2.03. The fraction of sp³-hybridized carbons (Fsp3) is 1.00. The third kappa shape index (κ3) is 4.75. The van der Waals surface area contributed by atoms with E-state index in [1.165, 1.54) is 43.7 Å². The molecule has 1 saturated carbocycles. The highest BCUT2D eigenvalue weighted by Gasteiger charge is 2.22. The van der Waals surface area contributed by atoms with Gasteiger partial charge in [-0.2, -0.15) is 11.8 Å². The monoisotopic (exact) mass is 230 g/mol. The number of rotatable bonds is 8. The molecule has 0 aliphatic heterocycles. The van der Waals surface area contributed by atoms with Crippen LogP contribution < -0.4 is 5.73 Å². The zero-order chi connectivity index (χ0) is 11.1. The summed E-state index contributed by atoms with van der Waals surface area (Å²) in [7, 11) is 2.24. The van der Waals surface area contributed by atoms with Crippen LogP contribution in [0.2, 0.25) is 0 Å². The Morgan fingerprint density at radius 1 is 1.47 bits per heavy atom. The van der Waals surface area contributed by atoms with Crippen LogP contribution in [-0.4, -0.2) is 42.6 Å². The Bertz CT molecular complexity index is 160. The highest BCUT2D eigenvalue weighted by Crippen LogP contribution is 2.27. The van der Waals surface area contributed by atoms with Crippen molar-refractivity contribution in [2.45, 2.75) is 38.6 Å². The lowest BCUT2D eigenvalue weighted by atomic mass is 9.85. The smallest absolute Gasteiger partial charge is 0.0223 e. The lowest BCUT2D eigenvalue weighted by Crippen LogP contribution is -2.42. The average Bonchev–Trinajstić information content (AvgIpc) is 2.18. The summed E-state index contributed by atoms with van der Waals surface area (Å²) in [5.41, 5.74) is 5.84. The lowest BCUT2D eigenvalue weighted by molar-refractivity contribution is 0.162. The summed E-state index contributed by atoms with van der Waals surface area (Å²) in [6.45, 7) is 4.30. The van der Waals surface area contributed by atoms with Gasteiger partial charge in [0.2, 0.25) is 0 Å². The molecule has 0 heterocycles. The minimum Gasteiger partial charge on any atom is -0.329 e. The topological polar surface area (TPSA) is 29.3 Å². The number of nitrogens with zero attached hydrogens (tertiary/aromatic N) is 1. The van der Waals surface area contributed by atoms with Crippen molar-refractivity contribution in [3.63, 3.8) is 0 Å². The number of thioether (sulfide) groups is 1. The van der Waals surface area contributed by atoms with Crippen LogP contribution >= 0.6 is 11.8 Å². The molecule has 2 N–H and O–H groups in total. The van der Waals surface area contributed by atoms with Gasteiger partial charge in [0.1, 0.15) is 0 Å². The summed E-state index contributed by atoms with van der Waals surface area (Å²) in [6.07, 6.45) is 5.56. The summed E-state index contributed by atoms with van der Waals surface area (Å²) in [5.74, 6) is 3.44. The molecule has 0 radical (unpaired) electrons. The number of likely N-dealkylation sites (N-methyl/N-ethyl adjacent to an activating group) is 1. The van der Waals surface area contributed by atoms with E-state index in [-0.39, 0.29) is 0 Å². The molecule has 1 aliphatic rings. The van der Waals surface area contributed by atoms with Crippen LogP contribution in [0.15, 0.2) is 0 Å². The number of hydrogen-bond acceptors (Lipinski definition) is 3. The van der Waals surface area contributed by atoms with Gasteiger partial charge in [0.05, 0.1) is 0 Å². The first-order valence-corrected chi connectivity index (χ1v) is 7.41. The van der Waals surface area contributed by atoms with Gasteiger partial charge >= 0.3 is 0 Å². The summed E-state index contributed by atoms with van der Waals surface area (Å²) in [4.78, 5) is 2.49. The molecule has 0 bridgehead atoms. The Balaban J connectivity index is 2.16. The predicted octanol–water partition coefficient (Wildman–Crippen LogP) is 2.19. The van der Waals surface area contributed by atoms with Gasteiger partial charge in [-0.1, -0.05) is 13.3 Å². The van der Waals surface area contributed by atoms with E-state index in [1.807, 2.05) is 11.8 Å². The molecule has 0 saturated heterocycles. The molecule has 1 rings (SSSR count). The van der Waals surface area contributed by atoms with E-state index in [2.05, 4.69) is 18.9 Å². The fourth-order valence-electron chi connectivity index (χ4n) is 2.11. The van der Waals surface area contributed by atoms with Gasteiger partial charge in [-0.3, -0.25) is 0 Å². The first-order valence-electron chi connectivity index (χ1n) is 6.26. The van der Waals surface area contributed by atoms with Gasteiger partial charge < -0.3 is 10.6 Å². The molecule has 0 spiro atoms. The van der Waals surface area contributed by atoms with Gasteiger partial charge in [0.25, 0.3) is 0 Å².